The maximum Gasteiger partial charge on any atom is 0.238 e. The topological polar surface area (TPSA) is 50.8 Å². The maximum absolute atomic E-state index is 12.6. The van der Waals surface area contributed by atoms with E-state index in [-0.39, 0.29) is 5.91 Å². The molecule has 5 nitrogen and oxygen atoms in total. The standard InChI is InChI=1S/C23H30N2O3/c1-5-27-21-12-18-10-11-25(14-19(18)13-22(21)28-6-2)15-23(26)24-20-9-7-8-16(3)17(20)4/h7-9,12-13H,5-6,10-11,14-15H2,1-4H3,(H,24,26). The minimum Gasteiger partial charge on any atom is -0.490 e. The summed E-state index contributed by atoms with van der Waals surface area (Å²) in [6.07, 6.45) is 0.901. The van der Waals surface area contributed by atoms with Gasteiger partial charge in [-0.05, 0) is 74.6 Å². The van der Waals surface area contributed by atoms with Crippen molar-refractivity contribution < 1.29 is 14.3 Å². The monoisotopic (exact) mass is 382 g/mol. The van der Waals surface area contributed by atoms with Crippen molar-refractivity contribution in [2.45, 2.75) is 40.7 Å². The smallest absolute Gasteiger partial charge is 0.238 e. The molecule has 0 radical (unpaired) electrons. The molecule has 28 heavy (non-hydrogen) atoms. The molecule has 0 fully saturated rings. The van der Waals surface area contributed by atoms with Crippen LogP contribution in [0.1, 0.15) is 36.1 Å². The summed E-state index contributed by atoms with van der Waals surface area (Å²) in [6, 6.07) is 10.1. The maximum atomic E-state index is 12.6. The van der Waals surface area contributed by atoms with E-state index in [1.807, 2.05) is 32.9 Å². The van der Waals surface area contributed by atoms with Gasteiger partial charge in [-0.15, -0.1) is 0 Å². The Kier molecular flexibility index (Phi) is 6.57. The van der Waals surface area contributed by atoms with Gasteiger partial charge < -0.3 is 14.8 Å². The van der Waals surface area contributed by atoms with E-state index >= 15 is 0 Å². The van der Waals surface area contributed by atoms with Gasteiger partial charge in [-0.25, -0.2) is 0 Å². The summed E-state index contributed by atoms with van der Waals surface area (Å²) >= 11 is 0. The van der Waals surface area contributed by atoms with E-state index in [4.69, 9.17) is 9.47 Å². The number of amides is 1. The number of nitrogens with one attached hydrogen (secondary N) is 1. The van der Waals surface area contributed by atoms with Crippen LogP contribution in [0, 0.1) is 13.8 Å². The molecule has 0 aliphatic carbocycles. The average Bonchev–Trinajstić information content (AvgIpc) is 2.66. The van der Waals surface area contributed by atoms with E-state index in [9.17, 15) is 4.79 Å². The van der Waals surface area contributed by atoms with Crippen LogP contribution in [-0.2, 0) is 17.8 Å². The van der Waals surface area contributed by atoms with E-state index in [1.165, 1.54) is 16.7 Å². The number of anilines is 1. The molecular formula is C23H30N2O3. The first-order valence-electron chi connectivity index (χ1n) is 10.0. The Labute approximate surface area is 167 Å². The van der Waals surface area contributed by atoms with Crippen LogP contribution in [-0.4, -0.2) is 37.1 Å². The number of carbonyl (C=O) groups is 1. The minimum atomic E-state index is 0.0214. The van der Waals surface area contributed by atoms with Gasteiger partial charge in [-0.2, -0.15) is 0 Å². The zero-order valence-electron chi connectivity index (χ0n) is 17.3. The Balaban J connectivity index is 1.68. The minimum absolute atomic E-state index is 0.0214. The number of hydrogen-bond donors (Lipinski definition) is 1. The first-order chi connectivity index (χ1) is 13.5. The molecule has 3 rings (SSSR count). The van der Waals surface area contributed by atoms with Gasteiger partial charge in [0.25, 0.3) is 0 Å². The van der Waals surface area contributed by atoms with Crippen LogP contribution >= 0.6 is 0 Å². The summed E-state index contributed by atoms with van der Waals surface area (Å²) in [6.45, 7) is 11.2. The lowest BCUT2D eigenvalue weighted by Crippen LogP contribution is -2.37. The van der Waals surface area contributed by atoms with Crippen molar-refractivity contribution in [3.63, 3.8) is 0 Å². The van der Waals surface area contributed by atoms with E-state index < -0.39 is 0 Å². The summed E-state index contributed by atoms with van der Waals surface area (Å²) in [5.74, 6) is 1.61. The number of carbonyl (C=O) groups excluding carboxylic acids is 1. The SMILES string of the molecule is CCOc1cc2c(cc1OCC)CN(CC(=O)Nc1cccc(C)c1C)CC2. The highest BCUT2D eigenvalue weighted by atomic mass is 16.5. The lowest BCUT2D eigenvalue weighted by Gasteiger charge is -2.29. The molecule has 0 atom stereocenters. The molecule has 0 spiro atoms. The number of aryl methyl sites for hydroxylation is 1. The van der Waals surface area contributed by atoms with Crippen LogP contribution in [0.4, 0.5) is 5.69 Å². The second-order valence-electron chi connectivity index (χ2n) is 7.19. The highest BCUT2D eigenvalue weighted by Gasteiger charge is 2.21. The molecule has 1 aliphatic heterocycles. The Morgan fingerprint density at radius 3 is 2.43 bits per heavy atom. The molecule has 0 aromatic heterocycles. The van der Waals surface area contributed by atoms with Crippen LogP contribution < -0.4 is 14.8 Å². The molecule has 2 aromatic rings. The molecule has 0 unspecified atom stereocenters. The van der Waals surface area contributed by atoms with Gasteiger partial charge in [0, 0.05) is 18.8 Å². The van der Waals surface area contributed by atoms with Gasteiger partial charge in [0.1, 0.15) is 0 Å². The second-order valence-corrected chi connectivity index (χ2v) is 7.19. The largest absolute Gasteiger partial charge is 0.490 e. The molecule has 0 saturated carbocycles. The fourth-order valence-electron chi connectivity index (χ4n) is 3.57. The lowest BCUT2D eigenvalue weighted by atomic mass is 9.98. The van der Waals surface area contributed by atoms with Crippen LogP contribution in [0.2, 0.25) is 0 Å². The summed E-state index contributed by atoms with van der Waals surface area (Å²) in [5.41, 5.74) is 5.67. The fraction of sp³-hybridized carbons (Fsp3) is 0.435. The van der Waals surface area contributed by atoms with Crippen LogP contribution in [0.15, 0.2) is 30.3 Å². The molecule has 0 saturated heterocycles. The highest BCUT2D eigenvalue weighted by molar-refractivity contribution is 5.93. The van der Waals surface area contributed by atoms with E-state index in [0.29, 0.717) is 19.8 Å². The van der Waals surface area contributed by atoms with Gasteiger partial charge in [-0.1, -0.05) is 12.1 Å². The van der Waals surface area contributed by atoms with Gasteiger partial charge in [0.05, 0.1) is 19.8 Å². The molecule has 1 amide bonds. The Morgan fingerprint density at radius 2 is 1.75 bits per heavy atom. The van der Waals surface area contributed by atoms with Crippen molar-refractivity contribution in [2.24, 2.45) is 0 Å². The molecular weight excluding hydrogens is 352 g/mol. The summed E-state index contributed by atoms with van der Waals surface area (Å²) in [4.78, 5) is 14.7. The predicted molar refractivity (Wildman–Crippen MR) is 112 cm³/mol. The number of nitrogens with zero attached hydrogens (tertiary/aromatic N) is 1. The summed E-state index contributed by atoms with van der Waals surface area (Å²) in [5, 5.41) is 3.05. The molecule has 1 N–H and O–H groups in total. The molecule has 5 heteroatoms. The zero-order chi connectivity index (χ0) is 20.1. The normalized spacial score (nSPS) is 13.7. The van der Waals surface area contributed by atoms with Crippen molar-refractivity contribution in [3.8, 4) is 11.5 Å². The number of benzene rings is 2. The van der Waals surface area contributed by atoms with Gasteiger partial charge in [0.15, 0.2) is 11.5 Å². The molecule has 1 aliphatic rings. The van der Waals surface area contributed by atoms with E-state index in [2.05, 4.69) is 35.3 Å². The molecule has 1 heterocycles. The van der Waals surface area contributed by atoms with E-state index in [1.54, 1.807) is 0 Å². The number of ether oxygens (including phenoxy) is 2. The van der Waals surface area contributed by atoms with Crippen molar-refractivity contribution in [1.82, 2.24) is 4.90 Å². The highest BCUT2D eigenvalue weighted by Crippen LogP contribution is 2.33. The predicted octanol–water partition coefficient (Wildman–Crippen LogP) is 4.10. The van der Waals surface area contributed by atoms with Gasteiger partial charge in [0.2, 0.25) is 5.91 Å². The van der Waals surface area contributed by atoms with E-state index in [0.717, 1.165) is 42.3 Å². The molecule has 150 valence electrons. The number of hydrogen-bond acceptors (Lipinski definition) is 4. The zero-order valence-corrected chi connectivity index (χ0v) is 17.3. The Morgan fingerprint density at radius 1 is 1.07 bits per heavy atom. The summed E-state index contributed by atoms with van der Waals surface area (Å²) < 4.78 is 11.5. The Hall–Kier alpha value is -2.53. The van der Waals surface area contributed by atoms with Gasteiger partial charge >= 0.3 is 0 Å². The Bertz CT molecular complexity index is 848. The first kappa shape index (κ1) is 20.2. The summed E-state index contributed by atoms with van der Waals surface area (Å²) in [7, 11) is 0. The van der Waals surface area contributed by atoms with Crippen molar-refractivity contribution >= 4 is 11.6 Å². The number of rotatable bonds is 7. The van der Waals surface area contributed by atoms with Gasteiger partial charge in [-0.3, -0.25) is 9.69 Å². The van der Waals surface area contributed by atoms with Crippen molar-refractivity contribution in [2.75, 3.05) is 31.6 Å². The van der Waals surface area contributed by atoms with Crippen LogP contribution in [0.3, 0.4) is 0 Å². The second kappa shape index (κ2) is 9.11. The first-order valence-corrected chi connectivity index (χ1v) is 10.0. The lowest BCUT2D eigenvalue weighted by molar-refractivity contribution is -0.117. The third-order valence-corrected chi connectivity index (χ3v) is 5.20. The average molecular weight is 383 g/mol. The fourth-order valence-corrected chi connectivity index (χ4v) is 3.57. The third-order valence-electron chi connectivity index (χ3n) is 5.20. The molecule has 0 bridgehead atoms. The van der Waals surface area contributed by atoms with Crippen molar-refractivity contribution in [1.29, 1.82) is 0 Å². The molecule has 2 aromatic carbocycles. The van der Waals surface area contributed by atoms with Crippen molar-refractivity contribution in [3.05, 3.63) is 52.6 Å². The quantitative estimate of drug-likeness (QED) is 0.783. The number of fused-ring (bicyclic) bond motifs is 1. The van der Waals surface area contributed by atoms with Crippen LogP contribution in [0.5, 0.6) is 11.5 Å². The third kappa shape index (κ3) is 4.65. The van der Waals surface area contributed by atoms with Crippen LogP contribution in [0.25, 0.3) is 0 Å².